The highest BCUT2D eigenvalue weighted by Crippen LogP contribution is 2.28. The number of rotatable bonds is 4. The van der Waals surface area contributed by atoms with Gasteiger partial charge < -0.3 is 10.2 Å². The fourth-order valence-electron chi connectivity index (χ4n) is 4.39. The second kappa shape index (κ2) is 8.51. The first-order valence-corrected chi connectivity index (χ1v) is 10.8. The van der Waals surface area contributed by atoms with Crippen molar-refractivity contribution in [2.45, 2.75) is 19.4 Å². The number of fused-ring (bicyclic) bond motifs is 1. The van der Waals surface area contributed by atoms with Crippen molar-refractivity contribution in [3.63, 3.8) is 0 Å². The number of benzene rings is 2. The van der Waals surface area contributed by atoms with Crippen LogP contribution in [0.1, 0.15) is 21.6 Å². The van der Waals surface area contributed by atoms with Gasteiger partial charge in [0.1, 0.15) is 5.82 Å². The molecule has 2 N–H and O–H groups in total. The number of hydrogen-bond acceptors (Lipinski definition) is 4. The third-order valence-electron chi connectivity index (χ3n) is 5.98. The van der Waals surface area contributed by atoms with Gasteiger partial charge in [0.2, 0.25) is 0 Å². The summed E-state index contributed by atoms with van der Waals surface area (Å²) in [6.45, 7) is 3.98. The molecule has 0 spiro atoms. The van der Waals surface area contributed by atoms with Crippen molar-refractivity contribution in [1.29, 1.82) is 0 Å². The predicted octanol–water partition coefficient (Wildman–Crippen LogP) is 3.73. The minimum absolute atomic E-state index is 0.0340. The van der Waals surface area contributed by atoms with Crippen molar-refractivity contribution in [3.8, 4) is 11.3 Å². The van der Waals surface area contributed by atoms with Gasteiger partial charge in [0, 0.05) is 36.9 Å². The molecule has 7 heteroatoms. The summed E-state index contributed by atoms with van der Waals surface area (Å²) in [5.74, 6) is -0.400. The van der Waals surface area contributed by atoms with E-state index in [9.17, 15) is 9.18 Å². The van der Waals surface area contributed by atoms with Crippen LogP contribution in [-0.4, -0.2) is 51.7 Å². The first kappa shape index (κ1) is 20.3. The number of carbonyl (C=O) groups excluding carboxylic acids is 1. The second-order valence-electron chi connectivity index (χ2n) is 8.16. The number of hydrogen-bond donors (Lipinski definition) is 2. The molecule has 0 saturated carbocycles. The topological polar surface area (TPSA) is 73.9 Å². The van der Waals surface area contributed by atoms with Crippen molar-refractivity contribution in [1.82, 2.24) is 25.4 Å². The van der Waals surface area contributed by atoms with Crippen LogP contribution in [0.25, 0.3) is 22.3 Å². The van der Waals surface area contributed by atoms with E-state index in [0.29, 0.717) is 34.4 Å². The Morgan fingerprint density at radius 2 is 2.00 bits per heavy atom. The molecule has 0 radical (unpaired) electrons. The van der Waals surface area contributed by atoms with E-state index in [1.54, 1.807) is 18.2 Å². The van der Waals surface area contributed by atoms with Crippen molar-refractivity contribution < 1.29 is 9.18 Å². The van der Waals surface area contributed by atoms with E-state index >= 15 is 0 Å². The molecule has 1 aliphatic heterocycles. The Morgan fingerprint density at radius 1 is 1.16 bits per heavy atom. The molecule has 2 aromatic heterocycles. The van der Waals surface area contributed by atoms with E-state index in [0.717, 1.165) is 25.2 Å². The highest BCUT2D eigenvalue weighted by molar-refractivity contribution is 6.07. The molecule has 1 atom stereocenters. The van der Waals surface area contributed by atoms with Crippen LogP contribution in [0, 0.1) is 12.7 Å². The maximum atomic E-state index is 13.9. The third-order valence-corrected chi connectivity index (χ3v) is 5.98. The number of aromatic nitrogens is 3. The van der Waals surface area contributed by atoms with Gasteiger partial charge in [0.05, 0.1) is 16.6 Å². The molecule has 6 nitrogen and oxygen atoms in total. The van der Waals surface area contributed by atoms with E-state index in [-0.39, 0.29) is 17.8 Å². The molecule has 5 rings (SSSR count). The highest BCUT2D eigenvalue weighted by atomic mass is 19.1. The van der Waals surface area contributed by atoms with Gasteiger partial charge >= 0.3 is 0 Å². The molecule has 0 aliphatic carbocycles. The van der Waals surface area contributed by atoms with E-state index in [2.05, 4.69) is 32.6 Å². The number of aromatic amines is 1. The van der Waals surface area contributed by atoms with Crippen LogP contribution in [0.15, 0.2) is 60.7 Å². The molecular formula is C25H24FN5O. The lowest BCUT2D eigenvalue weighted by Crippen LogP contribution is -2.54. The Morgan fingerprint density at radius 3 is 2.81 bits per heavy atom. The Hall–Kier alpha value is -3.58. The summed E-state index contributed by atoms with van der Waals surface area (Å²) in [5, 5.41) is 11.4. The highest BCUT2D eigenvalue weighted by Gasteiger charge is 2.30. The van der Waals surface area contributed by atoms with Gasteiger partial charge in [0.25, 0.3) is 5.91 Å². The average Bonchev–Trinajstić information content (AvgIpc) is 3.20. The number of carbonyl (C=O) groups is 1. The number of amides is 1. The van der Waals surface area contributed by atoms with E-state index in [1.165, 1.54) is 17.7 Å². The molecule has 162 valence electrons. The van der Waals surface area contributed by atoms with Crippen LogP contribution < -0.4 is 5.32 Å². The van der Waals surface area contributed by atoms with Crippen LogP contribution >= 0.6 is 0 Å². The number of nitrogens with one attached hydrogen (secondary N) is 2. The molecule has 3 heterocycles. The third kappa shape index (κ3) is 3.87. The van der Waals surface area contributed by atoms with E-state index in [4.69, 9.17) is 0 Å². The van der Waals surface area contributed by atoms with Crippen molar-refractivity contribution in [2.75, 3.05) is 19.6 Å². The summed E-state index contributed by atoms with van der Waals surface area (Å²) in [5.41, 5.74) is 4.13. The zero-order valence-corrected chi connectivity index (χ0v) is 17.8. The monoisotopic (exact) mass is 429 g/mol. The maximum Gasteiger partial charge on any atom is 0.255 e. The molecule has 1 amide bonds. The lowest BCUT2D eigenvalue weighted by Gasteiger charge is -2.36. The SMILES string of the molecule is Cc1[nH]nc2nc(-c3cccc(F)c3)cc(C(=O)N3CCNC[C@H]3Cc3ccccc3)c12. The normalized spacial score (nSPS) is 16.4. The molecule has 32 heavy (non-hydrogen) atoms. The van der Waals surface area contributed by atoms with Crippen molar-refractivity contribution >= 4 is 16.9 Å². The summed E-state index contributed by atoms with van der Waals surface area (Å²) >= 11 is 0. The molecule has 2 aromatic carbocycles. The Labute approximate surface area is 185 Å². The molecule has 1 fully saturated rings. The molecule has 1 saturated heterocycles. The first-order valence-electron chi connectivity index (χ1n) is 10.8. The summed E-state index contributed by atoms with van der Waals surface area (Å²) in [7, 11) is 0. The largest absolute Gasteiger partial charge is 0.333 e. The molecule has 0 bridgehead atoms. The zero-order chi connectivity index (χ0) is 22.1. The fourth-order valence-corrected chi connectivity index (χ4v) is 4.39. The summed E-state index contributed by atoms with van der Waals surface area (Å²) in [6, 6.07) is 18.2. The Kier molecular flexibility index (Phi) is 5.41. The van der Waals surface area contributed by atoms with E-state index in [1.807, 2.05) is 30.0 Å². The van der Waals surface area contributed by atoms with Crippen molar-refractivity contribution in [2.24, 2.45) is 0 Å². The van der Waals surface area contributed by atoms with Crippen LogP contribution in [0.3, 0.4) is 0 Å². The first-order chi connectivity index (χ1) is 15.6. The standard InChI is InChI=1S/C25H24FN5O/c1-16-23-21(14-22(28-24(23)30-29-16)18-8-5-9-19(26)13-18)25(32)31-11-10-27-15-20(31)12-17-6-3-2-4-7-17/h2-9,13-14,20,27H,10-12,15H2,1H3,(H,28,29,30)/t20-/m1/s1. The molecule has 0 unspecified atom stereocenters. The summed E-state index contributed by atoms with van der Waals surface area (Å²) in [6.07, 6.45) is 0.773. The average molecular weight is 429 g/mol. The minimum atomic E-state index is -0.347. The number of nitrogens with zero attached hydrogens (tertiary/aromatic N) is 3. The van der Waals surface area contributed by atoms with Gasteiger partial charge in [-0.1, -0.05) is 42.5 Å². The number of halogens is 1. The van der Waals surface area contributed by atoms with Crippen LogP contribution in [0.4, 0.5) is 4.39 Å². The van der Waals surface area contributed by atoms with Gasteiger partial charge in [-0.25, -0.2) is 9.37 Å². The number of pyridine rings is 1. The summed E-state index contributed by atoms with van der Waals surface area (Å²) in [4.78, 5) is 20.4. The van der Waals surface area contributed by atoms with Crippen LogP contribution in [-0.2, 0) is 6.42 Å². The second-order valence-corrected chi connectivity index (χ2v) is 8.16. The minimum Gasteiger partial charge on any atom is -0.333 e. The molecule has 1 aliphatic rings. The Bertz CT molecular complexity index is 1270. The van der Waals surface area contributed by atoms with Gasteiger partial charge in [-0.3, -0.25) is 9.89 Å². The quantitative estimate of drug-likeness (QED) is 0.519. The van der Waals surface area contributed by atoms with Gasteiger partial charge in [0.15, 0.2) is 5.65 Å². The maximum absolute atomic E-state index is 13.9. The van der Waals surface area contributed by atoms with Gasteiger partial charge in [-0.2, -0.15) is 5.10 Å². The summed E-state index contributed by atoms with van der Waals surface area (Å²) < 4.78 is 13.8. The molecular weight excluding hydrogens is 405 g/mol. The smallest absolute Gasteiger partial charge is 0.255 e. The van der Waals surface area contributed by atoms with Crippen molar-refractivity contribution in [3.05, 3.63) is 83.3 Å². The van der Waals surface area contributed by atoms with E-state index < -0.39 is 0 Å². The van der Waals surface area contributed by atoms with Gasteiger partial charge in [-0.15, -0.1) is 0 Å². The predicted molar refractivity (Wildman–Crippen MR) is 122 cm³/mol. The number of piperazine rings is 1. The lowest BCUT2D eigenvalue weighted by molar-refractivity contribution is 0.0638. The van der Waals surface area contributed by atoms with Crippen LogP contribution in [0.5, 0.6) is 0 Å². The fraction of sp³-hybridized carbons (Fsp3) is 0.240. The lowest BCUT2D eigenvalue weighted by atomic mass is 10.00. The van der Waals surface area contributed by atoms with Gasteiger partial charge in [-0.05, 0) is 37.1 Å². The number of H-pyrrole nitrogens is 1. The zero-order valence-electron chi connectivity index (χ0n) is 17.8. The molecule has 4 aromatic rings. The number of aryl methyl sites for hydroxylation is 1. The van der Waals surface area contributed by atoms with Crippen LogP contribution in [0.2, 0.25) is 0 Å². The Balaban J connectivity index is 1.56.